The lowest BCUT2D eigenvalue weighted by atomic mass is 11.0. The summed E-state index contributed by atoms with van der Waals surface area (Å²) in [6.45, 7) is 0. The maximum absolute atomic E-state index is 10.3. The van der Waals surface area contributed by atoms with Gasteiger partial charge in [0.25, 0.3) is 0 Å². The highest BCUT2D eigenvalue weighted by Crippen LogP contribution is 2.09. The molecular weight excluding hydrogens is 232 g/mol. The number of aromatic nitrogens is 4. The van der Waals surface area contributed by atoms with Crippen LogP contribution in [0.1, 0.15) is 0 Å². The zero-order valence-corrected chi connectivity index (χ0v) is 8.56. The molecule has 9 heteroatoms. The first-order valence-electron chi connectivity index (χ1n) is 2.92. The molecule has 0 aliphatic carbocycles. The minimum absolute atomic E-state index is 0.363. The number of nitrogens with zero attached hydrogens (tertiary/aromatic N) is 4. The van der Waals surface area contributed by atoms with Gasteiger partial charge in [-0.05, 0) is 10.4 Å². The third kappa shape index (κ3) is 3.20. The van der Waals surface area contributed by atoms with E-state index < -0.39 is 10.3 Å². The minimum atomic E-state index is -2.33. The van der Waals surface area contributed by atoms with Gasteiger partial charge < -0.3 is 0 Å². The molecule has 0 spiro atoms. The second-order valence-corrected chi connectivity index (χ2v) is 3.67. The largest absolute Gasteiger partial charge is 0.232 e. The molecular formula is C4H3N4O2S3. The predicted molar refractivity (Wildman–Crippen MR) is 51.5 cm³/mol. The number of thiocarbonyl (C=S) groups is 1. The van der Waals surface area contributed by atoms with E-state index in [1.807, 2.05) is 0 Å². The molecule has 0 unspecified atom stereocenters. The number of rotatable bonds is 4. The lowest BCUT2D eigenvalue weighted by Gasteiger charge is -1.91. The zero-order valence-electron chi connectivity index (χ0n) is 6.11. The third-order valence-electron chi connectivity index (χ3n) is 0.909. The van der Waals surface area contributed by atoms with Crippen molar-refractivity contribution in [1.29, 1.82) is 0 Å². The standard InChI is InChI=1S/C4H3N4O2S3/c9-13(10)3-8-4(5-6-7-8)12-2-1-11/h3H,2H2. The Morgan fingerprint density at radius 2 is 2.46 bits per heavy atom. The molecule has 1 radical (unpaired) electrons. The molecule has 0 fully saturated rings. The van der Waals surface area contributed by atoms with E-state index in [2.05, 4.69) is 33.1 Å². The van der Waals surface area contributed by atoms with Crippen molar-refractivity contribution in [3.63, 3.8) is 0 Å². The van der Waals surface area contributed by atoms with Crippen LogP contribution in [0.25, 0.3) is 0 Å². The predicted octanol–water partition coefficient (Wildman–Crippen LogP) is -0.871. The molecule has 0 amide bonds. The van der Waals surface area contributed by atoms with Crippen molar-refractivity contribution in [3.8, 4) is 0 Å². The van der Waals surface area contributed by atoms with E-state index >= 15 is 0 Å². The highest BCUT2D eigenvalue weighted by atomic mass is 32.2. The Hall–Kier alpha value is -0.800. The fourth-order valence-corrected chi connectivity index (χ4v) is 1.57. The highest BCUT2D eigenvalue weighted by molar-refractivity contribution is 8.00. The van der Waals surface area contributed by atoms with E-state index in [0.717, 1.165) is 10.2 Å². The van der Waals surface area contributed by atoms with E-state index in [9.17, 15) is 8.42 Å². The molecule has 0 saturated carbocycles. The summed E-state index contributed by atoms with van der Waals surface area (Å²) < 4.78 is 21.6. The van der Waals surface area contributed by atoms with E-state index in [1.54, 1.807) is 0 Å². The first-order chi connectivity index (χ1) is 6.24. The summed E-state index contributed by atoms with van der Waals surface area (Å²) in [5, 5.41) is 13.1. The summed E-state index contributed by atoms with van der Waals surface area (Å²) in [6, 6.07) is 0. The molecule has 1 aromatic heterocycles. The topological polar surface area (TPSA) is 77.7 Å². The van der Waals surface area contributed by atoms with Crippen LogP contribution < -0.4 is 0 Å². The molecule has 1 heterocycles. The van der Waals surface area contributed by atoms with Crippen molar-refractivity contribution in [2.24, 2.45) is 0 Å². The fraction of sp³-hybridized carbons (Fsp3) is 0.250. The Bertz CT molecular complexity index is 414. The number of hydrogen-bond donors (Lipinski definition) is 0. The quantitative estimate of drug-likeness (QED) is 0.496. The van der Waals surface area contributed by atoms with Gasteiger partial charge in [-0.2, -0.15) is 13.1 Å². The van der Waals surface area contributed by atoms with E-state index in [-0.39, 0.29) is 0 Å². The molecule has 69 valence electrons. The van der Waals surface area contributed by atoms with E-state index in [4.69, 9.17) is 0 Å². The van der Waals surface area contributed by atoms with Gasteiger partial charge in [0.05, 0.1) is 0 Å². The van der Waals surface area contributed by atoms with E-state index in [0.29, 0.717) is 10.9 Å². The van der Waals surface area contributed by atoms with E-state index in [1.165, 1.54) is 11.8 Å². The molecule has 0 N–H and O–H groups in total. The van der Waals surface area contributed by atoms with Crippen LogP contribution in [-0.4, -0.2) is 45.2 Å². The Morgan fingerprint density at radius 1 is 1.69 bits per heavy atom. The van der Waals surface area contributed by atoms with Crippen LogP contribution in [0.4, 0.5) is 0 Å². The lowest BCUT2D eigenvalue weighted by molar-refractivity contribution is 0.626. The van der Waals surface area contributed by atoms with Crippen molar-refractivity contribution in [2.45, 2.75) is 5.16 Å². The summed E-state index contributed by atoms with van der Waals surface area (Å²) in [6.07, 6.45) is 0. The minimum Gasteiger partial charge on any atom is -0.183 e. The smallest absolute Gasteiger partial charge is 0.183 e. The SMILES string of the molecule is O=S(=O)=Cn1nnnc1SC[C]=S. The second kappa shape index (κ2) is 5.04. The molecule has 0 atom stereocenters. The Morgan fingerprint density at radius 3 is 3.08 bits per heavy atom. The Kier molecular flexibility index (Phi) is 3.99. The number of thioether (sulfide) groups is 1. The summed E-state index contributed by atoms with van der Waals surface area (Å²) in [5.41, 5.74) is 0.867. The third-order valence-corrected chi connectivity index (χ3v) is 2.42. The van der Waals surface area contributed by atoms with Gasteiger partial charge in [-0.25, -0.2) is 0 Å². The molecule has 6 nitrogen and oxygen atoms in total. The molecule has 0 saturated heterocycles. The van der Waals surface area contributed by atoms with Crippen molar-refractivity contribution < 1.29 is 8.42 Å². The first-order valence-corrected chi connectivity index (χ1v) is 5.46. The van der Waals surface area contributed by atoms with Gasteiger partial charge in [-0.3, -0.25) is 0 Å². The Balaban J connectivity index is 2.89. The monoisotopic (exact) mass is 235 g/mol. The maximum Gasteiger partial charge on any atom is 0.232 e. The van der Waals surface area contributed by atoms with Gasteiger partial charge in [0.2, 0.25) is 15.4 Å². The average molecular weight is 235 g/mol. The normalized spacial score (nSPS) is 9.54. The van der Waals surface area contributed by atoms with Gasteiger partial charge in [0, 0.05) is 11.1 Å². The van der Waals surface area contributed by atoms with Crippen molar-refractivity contribution in [1.82, 2.24) is 20.2 Å². The molecule has 0 bridgehead atoms. The van der Waals surface area contributed by atoms with Gasteiger partial charge in [-0.15, -0.1) is 5.10 Å². The molecule has 1 aromatic rings. The van der Waals surface area contributed by atoms with Crippen LogP contribution in [-0.2, 0) is 10.3 Å². The van der Waals surface area contributed by atoms with Crippen LogP contribution in [0.15, 0.2) is 5.16 Å². The maximum atomic E-state index is 10.3. The summed E-state index contributed by atoms with van der Waals surface area (Å²) in [7, 11) is -2.33. The molecule has 0 aliphatic heterocycles. The zero-order chi connectivity index (χ0) is 9.68. The summed E-state index contributed by atoms with van der Waals surface area (Å²) in [5.74, 6) is 0.426. The highest BCUT2D eigenvalue weighted by Gasteiger charge is 2.03. The Labute approximate surface area is 84.9 Å². The van der Waals surface area contributed by atoms with Crippen LogP contribution in [0.5, 0.6) is 0 Å². The van der Waals surface area contributed by atoms with Gasteiger partial charge in [0.1, 0.15) is 0 Å². The van der Waals surface area contributed by atoms with Crippen LogP contribution >= 0.6 is 24.0 Å². The van der Waals surface area contributed by atoms with Crippen molar-refractivity contribution in [2.75, 3.05) is 5.75 Å². The van der Waals surface area contributed by atoms with Crippen LogP contribution in [0, 0.1) is 0 Å². The molecule has 0 aromatic carbocycles. The number of tetrazole rings is 1. The summed E-state index contributed by atoms with van der Waals surface area (Å²) in [4.78, 5) is 0. The number of hydrogen-bond acceptors (Lipinski definition) is 7. The van der Waals surface area contributed by atoms with Gasteiger partial charge in [0.15, 0.2) is 5.49 Å². The second-order valence-electron chi connectivity index (χ2n) is 1.70. The van der Waals surface area contributed by atoms with Crippen LogP contribution in [0.2, 0.25) is 0 Å². The summed E-state index contributed by atoms with van der Waals surface area (Å²) >= 11 is 5.68. The van der Waals surface area contributed by atoms with Crippen LogP contribution in [0.3, 0.4) is 0 Å². The van der Waals surface area contributed by atoms with Crippen molar-refractivity contribution in [3.05, 3.63) is 0 Å². The lowest BCUT2D eigenvalue weighted by Crippen LogP contribution is -2.01. The molecule has 13 heavy (non-hydrogen) atoms. The molecule has 1 rings (SSSR count). The molecule has 0 aliphatic rings. The first kappa shape index (κ1) is 10.3. The van der Waals surface area contributed by atoms with Gasteiger partial charge in [-0.1, -0.05) is 24.0 Å². The van der Waals surface area contributed by atoms with Crippen molar-refractivity contribution >= 4 is 45.1 Å². The van der Waals surface area contributed by atoms with Gasteiger partial charge >= 0.3 is 0 Å². The average Bonchev–Trinajstić information content (AvgIpc) is 2.48. The fourth-order valence-electron chi connectivity index (χ4n) is 0.522.